The van der Waals surface area contributed by atoms with Crippen LogP contribution in [0.1, 0.15) is 51.6 Å². The van der Waals surface area contributed by atoms with Gasteiger partial charge in [-0.15, -0.1) is 0 Å². The summed E-state index contributed by atoms with van der Waals surface area (Å²) in [5.74, 6) is 0.864. The number of aromatic nitrogens is 2. The smallest absolute Gasteiger partial charge is 0.0534 e. The monoisotopic (exact) mass is 264 g/mol. The Bertz CT molecular complexity index is 385. The Kier molecular flexibility index (Phi) is 4.99. The van der Waals surface area contributed by atoms with E-state index >= 15 is 0 Å². The molecule has 1 aromatic heterocycles. The molecule has 0 aliphatic carbocycles. The van der Waals surface area contributed by atoms with E-state index in [9.17, 15) is 0 Å². The first kappa shape index (κ1) is 14.5. The number of nitrogens with zero attached hydrogens (tertiary/aromatic N) is 3. The normalized spacial score (nSPS) is 25.1. The van der Waals surface area contributed by atoms with Crippen molar-refractivity contribution < 1.29 is 0 Å². The molecular formula is C15H28N4. The molecule has 2 rings (SSSR count). The number of hydrogen-bond acceptors (Lipinski definition) is 3. The van der Waals surface area contributed by atoms with Crippen molar-refractivity contribution in [3.63, 3.8) is 0 Å². The van der Waals surface area contributed by atoms with E-state index in [0.29, 0.717) is 12.1 Å². The van der Waals surface area contributed by atoms with Crippen LogP contribution in [-0.2, 0) is 6.54 Å². The molecule has 0 saturated carbocycles. The molecular weight excluding hydrogens is 236 g/mol. The Labute approximate surface area is 117 Å². The third kappa shape index (κ3) is 3.57. The van der Waals surface area contributed by atoms with Crippen LogP contribution in [0.2, 0.25) is 0 Å². The number of likely N-dealkylation sites (tertiary alicyclic amines) is 1. The Hall–Kier alpha value is -0.870. The average Bonchev–Trinajstić information content (AvgIpc) is 2.88. The fourth-order valence-electron chi connectivity index (χ4n) is 2.98. The van der Waals surface area contributed by atoms with Gasteiger partial charge in [-0.1, -0.05) is 13.3 Å². The first-order valence-corrected chi connectivity index (χ1v) is 7.61. The molecule has 4 heteroatoms. The molecule has 0 aromatic carbocycles. The second-order valence-electron chi connectivity index (χ2n) is 6.08. The summed E-state index contributed by atoms with van der Waals surface area (Å²) in [7, 11) is 0. The molecule has 2 atom stereocenters. The highest BCUT2D eigenvalue weighted by Crippen LogP contribution is 2.26. The fourth-order valence-corrected chi connectivity index (χ4v) is 2.98. The third-order valence-corrected chi connectivity index (χ3v) is 4.37. The standard InChI is InChI=1S/C15H28N4/c1-4-13-5-6-18(15(7-13)8-16)10-14-9-17-19(11-14)12(2)3/h9,11-13,15H,4-8,10,16H2,1-3H3. The van der Waals surface area contributed by atoms with Crippen LogP contribution in [0.3, 0.4) is 0 Å². The van der Waals surface area contributed by atoms with Crippen molar-refractivity contribution in [2.24, 2.45) is 11.7 Å². The van der Waals surface area contributed by atoms with Gasteiger partial charge < -0.3 is 5.73 Å². The van der Waals surface area contributed by atoms with Gasteiger partial charge in [-0.3, -0.25) is 9.58 Å². The molecule has 1 fully saturated rings. The van der Waals surface area contributed by atoms with Crippen molar-refractivity contribution in [2.45, 2.75) is 58.7 Å². The Morgan fingerprint density at radius 1 is 1.47 bits per heavy atom. The van der Waals surface area contributed by atoms with Crippen molar-refractivity contribution in [3.8, 4) is 0 Å². The quantitative estimate of drug-likeness (QED) is 0.888. The van der Waals surface area contributed by atoms with E-state index < -0.39 is 0 Å². The molecule has 1 aliphatic rings. The summed E-state index contributed by atoms with van der Waals surface area (Å²) in [4.78, 5) is 2.54. The van der Waals surface area contributed by atoms with Crippen LogP contribution in [0.4, 0.5) is 0 Å². The van der Waals surface area contributed by atoms with E-state index in [2.05, 4.69) is 37.0 Å². The van der Waals surface area contributed by atoms with Crippen LogP contribution in [0, 0.1) is 5.92 Å². The highest BCUT2D eigenvalue weighted by atomic mass is 15.3. The Morgan fingerprint density at radius 3 is 2.84 bits per heavy atom. The molecule has 0 radical (unpaired) electrons. The van der Waals surface area contributed by atoms with Crippen LogP contribution in [0.5, 0.6) is 0 Å². The summed E-state index contributed by atoms with van der Waals surface area (Å²) in [5.41, 5.74) is 7.26. The van der Waals surface area contributed by atoms with Gasteiger partial charge in [0, 0.05) is 36.9 Å². The molecule has 4 nitrogen and oxygen atoms in total. The maximum absolute atomic E-state index is 5.96. The molecule has 1 aliphatic heterocycles. The van der Waals surface area contributed by atoms with E-state index in [-0.39, 0.29) is 0 Å². The first-order valence-electron chi connectivity index (χ1n) is 7.61. The molecule has 0 spiro atoms. The minimum Gasteiger partial charge on any atom is -0.329 e. The van der Waals surface area contributed by atoms with Gasteiger partial charge in [0.15, 0.2) is 0 Å². The maximum Gasteiger partial charge on any atom is 0.0534 e. The molecule has 108 valence electrons. The summed E-state index contributed by atoms with van der Waals surface area (Å²) in [6.07, 6.45) is 8.02. The molecule has 2 N–H and O–H groups in total. The Balaban J connectivity index is 1.97. The lowest BCUT2D eigenvalue weighted by molar-refractivity contribution is 0.107. The predicted octanol–water partition coefficient (Wildman–Crippen LogP) is 2.41. The number of rotatable bonds is 5. The molecule has 0 bridgehead atoms. The largest absolute Gasteiger partial charge is 0.329 e. The van der Waals surface area contributed by atoms with Gasteiger partial charge in [-0.2, -0.15) is 5.10 Å². The zero-order chi connectivity index (χ0) is 13.8. The van der Waals surface area contributed by atoms with E-state index in [1.807, 2.05) is 10.9 Å². The maximum atomic E-state index is 5.96. The van der Waals surface area contributed by atoms with E-state index in [4.69, 9.17) is 5.73 Å². The van der Waals surface area contributed by atoms with E-state index in [1.54, 1.807) is 0 Å². The number of nitrogens with two attached hydrogens (primary N) is 1. The van der Waals surface area contributed by atoms with Gasteiger partial charge >= 0.3 is 0 Å². The zero-order valence-electron chi connectivity index (χ0n) is 12.5. The van der Waals surface area contributed by atoms with Crippen LogP contribution in [-0.4, -0.2) is 33.8 Å². The van der Waals surface area contributed by atoms with Crippen LogP contribution in [0.15, 0.2) is 12.4 Å². The van der Waals surface area contributed by atoms with Crippen LogP contribution >= 0.6 is 0 Å². The van der Waals surface area contributed by atoms with E-state index in [0.717, 1.165) is 19.0 Å². The van der Waals surface area contributed by atoms with Gasteiger partial charge in [0.25, 0.3) is 0 Å². The molecule has 1 saturated heterocycles. The van der Waals surface area contributed by atoms with Crippen molar-refractivity contribution in [1.29, 1.82) is 0 Å². The van der Waals surface area contributed by atoms with Crippen LogP contribution in [0.25, 0.3) is 0 Å². The summed E-state index contributed by atoms with van der Waals surface area (Å²) in [6, 6.07) is 0.978. The molecule has 0 amide bonds. The second kappa shape index (κ2) is 6.53. The van der Waals surface area contributed by atoms with Gasteiger partial charge in [0.1, 0.15) is 0 Å². The van der Waals surface area contributed by atoms with Crippen molar-refractivity contribution >= 4 is 0 Å². The van der Waals surface area contributed by atoms with Crippen molar-refractivity contribution in [3.05, 3.63) is 18.0 Å². The lowest BCUT2D eigenvalue weighted by Gasteiger charge is -2.38. The molecule has 19 heavy (non-hydrogen) atoms. The van der Waals surface area contributed by atoms with E-state index in [1.165, 1.54) is 31.4 Å². The summed E-state index contributed by atoms with van der Waals surface area (Å²) >= 11 is 0. The lowest BCUT2D eigenvalue weighted by Crippen LogP contribution is -2.45. The predicted molar refractivity (Wildman–Crippen MR) is 78.9 cm³/mol. The van der Waals surface area contributed by atoms with Gasteiger partial charge in [-0.05, 0) is 39.2 Å². The minimum absolute atomic E-state index is 0.435. The molecule has 2 unspecified atom stereocenters. The minimum atomic E-state index is 0.435. The Morgan fingerprint density at radius 2 is 2.26 bits per heavy atom. The summed E-state index contributed by atoms with van der Waals surface area (Å²) in [6.45, 7) is 9.55. The topological polar surface area (TPSA) is 47.1 Å². The average molecular weight is 264 g/mol. The van der Waals surface area contributed by atoms with Gasteiger partial charge in [0.05, 0.1) is 6.20 Å². The first-order chi connectivity index (χ1) is 9.13. The number of hydrogen-bond donors (Lipinski definition) is 1. The number of piperidine rings is 1. The molecule has 2 heterocycles. The lowest BCUT2D eigenvalue weighted by atomic mass is 9.89. The molecule has 1 aromatic rings. The van der Waals surface area contributed by atoms with Gasteiger partial charge in [0.2, 0.25) is 0 Å². The second-order valence-corrected chi connectivity index (χ2v) is 6.08. The zero-order valence-corrected chi connectivity index (χ0v) is 12.5. The van der Waals surface area contributed by atoms with Gasteiger partial charge in [-0.25, -0.2) is 0 Å². The third-order valence-electron chi connectivity index (χ3n) is 4.37. The van der Waals surface area contributed by atoms with Crippen LogP contribution < -0.4 is 5.73 Å². The highest BCUT2D eigenvalue weighted by molar-refractivity contribution is 5.05. The highest BCUT2D eigenvalue weighted by Gasteiger charge is 2.26. The SMILES string of the molecule is CCC1CCN(Cc2cnn(C(C)C)c2)C(CN)C1. The van der Waals surface area contributed by atoms with Crippen molar-refractivity contribution in [2.75, 3.05) is 13.1 Å². The fraction of sp³-hybridized carbons (Fsp3) is 0.800. The van der Waals surface area contributed by atoms with Crippen molar-refractivity contribution in [1.82, 2.24) is 14.7 Å². The summed E-state index contributed by atoms with van der Waals surface area (Å²) < 4.78 is 2.03. The summed E-state index contributed by atoms with van der Waals surface area (Å²) in [5, 5.41) is 4.42.